The summed E-state index contributed by atoms with van der Waals surface area (Å²) in [6, 6.07) is 6.81. The molecule has 1 amide bonds. The monoisotopic (exact) mass is 248 g/mol. The van der Waals surface area contributed by atoms with E-state index in [1.54, 1.807) is 36.1 Å². The fourth-order valence-corrected chi connectivity index (χ4v) is 2.05. The highest BCUT2D eigenvalue weighted by Crippen LogP contribution is 2.25. The van der Waals surface area contributed by atoms with Crippen LogP contribution in [-0.4, -0.2) is 35.0 Å². The molecule has 0 radical (unpaired) electrons. The van der Waals surface area contributed by atoms with Gasteiger partial charge in [0, 0.05) is 30.3 Å². The number of carbonyl (C=O) groups is 2. The highest BCUT2D eigenvalue weighted by Gasteiger charge is 2.37. The molecule has 1 unspecified atom stereocenters. The number of hydrogen-bond acceptors (Lipinski definition) is 3. The quantitative estimate of drug-likeness (QED) is 0.783. The van der Waals surface area contributed by atoms with Crippen LogP contribution in [0.2, 0.25) is 0 Å². The number of nitrogens with two attached hydrogens (primary N) is 1. The van der Waals surface area contributed by atoms with E-state index in [2.05, 4.69) is 0 Å². The second-order valence-electron chi connectivity index (χ2n) is 4.72. The minimum atomic E-state index is -0.809. The number of hydrogen-bond donors (Lipinski definition) is 2. The Morgan fingerprint density at radius 1 is 1.44 bits per heavy atom. The summed E-state index contributed by atoms with van der Waals surface area (Å²) in [7, 11) is 0. The zero-order chi connectivity index (χ0) is 13.3. The van der Waals surface area contributed by atoms with Gasteiger partial charge in [0.1, 0.15) is 0 Å². The molecule has 1 aliphatic rings. The van der Waals surface area contributed by atoms with Crippen molar-refractivity contribution in [2.45, 2.75) is 6.92 Å². The normalized spacial score (nSPS) is 17.1. The third-order valence-corrected chi connectivity index (χ3v) is 3.43. The van der Waals surface area contributed by atoms with Gasteiger partial charge in [-0.1, -0.05) is 13.0 Å². The maximum Gasteiger partial charge on any atom is 0.306 e. The van der Waals surface area contributed by atoms with Gasteiger partial charge in [-0.05, 0) is 18.2 Å². The van der Waals surface area contributed by atoms with Crippen molar-refractivity contribution in [3.05, 3.63) is 29.8 Å². The van der Waals surface area contributed by atoms with Gasteiger partial charge in [-0.3, -0.25) is 9.59 Å². The lowest BCUT2D eigenvalue weighted by Crippen LogP contribution is -2.53. The van der Waals surface area contributed by atoms with Crippen molar-refractivity contribution in [2.24, 2.45) is 11.8 Å². The SMILES string of the molecule is CC(C(=O)O)C1CN(C(=O)c2cccc(N)c2)C1. The first-order valence-corrected chi connectivity index (χ1v) is 5.86. The van der Waals surface area contributed by atoms with Crippen LogP contribution in [0.1, 0.15) is 17.3 Å². The average molecular weight is 248 g/mol. The van der Waals surface area contributed by atoms with Gasteiger partial charge in [-0.15, -0.1) is 0 Å². The highest BCUT2D eigenvalue weighted by molar-refractivity contribution is 5.95. The number of benzene rings is 1. The first-order valence-electron chi connectivity index (χ1n) is 5.86. The predicted octanol–water partition coefficient (Wildman–Crippen LogP) is 1.06. The summed E-state index contributed by atoms with van der Waals surface area (Å²) in [6.07, 6.45) is 0. The number of anilines is 1. The van der Waals surface area contributed by atoms with Crippen LogP contribution in [0.4, 0.5) is 5.69 Å². The smallest absolute Gasteiger partial charge is 0.306 e. The second-order valence-corrected chi connectivity index (χ2v) is 4.72. The molecule has 1 saturated heterocycles. The number of likely N-dealkylation sites (tertiary alicyclic amines) is 1. The van der Waals surface area contributed by atoms with Crippen LogP contribution in [0, 0.1) is 11.8 Å². The standard InChI is InChI=1S/C13H16N2O3/c1-8(13(17)18)10-6-15(7-10)12(16)9-3-2-4-11(14)5-9/h2-5,8,10H,6-7,14H2,1H3,(H,17,18). The van der Waals surface area contributed by atoms with Crippen molar-refractivity contribution in [3.8, 4) is 0 Å². The molecule has 0 aliphatic carbocycles. The van der Waals surface area contributed by atoms with Crippen LogP contribution in [0.15, 0.2) is 24.3 Å². The molecule has 1 aromatic carbocycles. The summed E-state index contributed by atoms with van der Waals surface area (Å²) in [6.45, 7) is 2.68. The van der Waals surface area contributed by atoms with Gasteiger partial charge in [0.2, 0.25) is 0 Å². The molecule has 0 bridgehead atoms. The first kappa shape index (κ1) is 12.4. The van der Waals surface area contributed by atoms with Gasteiger partial charge < -0.3 is 15.7 Å². The molecule has 2 rings (SSSR count). The zero-order valence-electron chi connectivity index (χ0n) is 10.2. The van der Waals surface area contributed by atoms with Gasteiger partial charge in [-0.25, -0.2) is 0 Å². The van der Waals surface area contributed by atoms with E-state index < -0.39 is 11.9 Å². The van der Waals surface area contributed by atoms with E-state index in [9.17, 15) is 9.59 Å². The summed E-state index contributed by atoms with van der Waals surface area (Å²) < 4.78 is 0. The van der Waals surface area contributed by atoms with Crippen LogP contribution in [-0.2, 0) is 4.79 Å². The third-order valence-electron chi connectivity index (χ3n) is 3.43. The third kappa shape index (κ3) is 2.30. The van der Waals surface area contributed by atoms with E-state index >= 15 is 0 Å². The number of nitrogen functional groups attached to an aromatic ring is 1. The molecule has 0 saturated carbocycles. The summed E-state index contributed by atoms with van der Waals surface area (Å²) in [5, 5.41) is 8.88. The number of amides is 1. The Kier molecular flexibility index (Phi) is 3.23. The summed E-state index contributed by atoms with van der Waals surface area (Å²) in [5.74, 6) is -1.26. The molecule has 1 aromatic rings. The molecule has 5 heteroatoms. The van der Waals surface area contributed by atoms with E-state index in [1.165, 1.54) is 0 Å². The topological polar surface area (TPSA) is 83.6 Å². The Hall–Kier alpha value is -2.04. The summed E-state index contributed by atoms with van der Waals surface area (Å²) >= 11 is 0. The molecule has 0 spiro atoms. The Balaban J connectivity index is 1.96. The predicted molar refractivity (Wildman–Crippen MR) is 67.0 cm³/mol. The van der Waals surface area contributed by atoms with Crippen molar-refractivity contribution in [2.75, 3.05) is 18.8 Å². The van der Waals surface area contributed by atoms with Crippen molar-refractivity contribution >= 4 is 17.6 Å². The number of aliphatic carboxylic acids is 1. The Labute approximate surface area is 105 Å². The molecular weight excluding hydrogens is 232 g/mol. The Bertz CT molecular complexity index is 481. The maximum atomic E-state index is 12.0. The lowest BCUT2D eigenvalue weighted by atomic mass is 9.86. The van der Waals surface area contributed by atoms with Gasteiger partial charge >= 0.3 is 5.97 Å². The molecular formula is C13H16N2O3. The molecule has 18 heavy (non-hydrogen) atoms. The molecule has 1 heterocycles. The molecule has 3 N–H and O–H groups in total. The molecule has 5 nitrogen and oxygen atoms in total. The van der Waals surface area contributed by atoms with E-state index in [0.717, 1.165) is 0 Å². The van der Waals surface area contributed by atoms with Crippen LogP contribution in [0.25, 0.3) is 0 Å². The van der Waals surface area contributed by atoms with Crippen LogP contribution < -0.4 is 5.73 Å². The van der Waals surface area contributed by atoms with Crippen molar-refractivity contribution < 1.29 is 14.7 Å². The maximum absolute atomic E-state index is 12.0. The summed E-state index contributed by atoms with van der Waals surface area (Å²) in [4.78, 5) is 24.5. The van der Waals surface area contributed by atoms with Crippen LogP contribution >= 0.6 is 0 Å². The van der Waals surface area contributed by atoms with E-state index in [-0.39, 0.29) is 11.8 Å². The van der Waals surface area contributed by atoms with E-state index in [4.69, 9.17) is 10.8 Å². The fourth-order valence-electron chi connectivity index (χ4n) is 2.05. The number of carboxylic acids is 1. The Morgan fingerprint density at radius 2 is 2.11 bits per heavy atom. The fraction of sp³-hybridized carbons (Fsp3) is 0.385. The molecule has 0 aromatic heterocycles. The van der Waals surface area contributed by atoms with E-state index in [0.29, 0.717) is 24.3 Å². The second kappa shape index (κ2) is 4.68. The zero-order valence-corrected chi connectivity index (χ0v) is 10.2. The minimum absolute atomic E-state index is 0.0486. The van der Waals surface area contributed by atoms with Gasteiger partial charge in [0.15, 0.2) is 0 Å². The van der Waals surface area contributed by atoms with Crippen molar-refractivity contribution in [1.29, 1.82) is 0 Å². The average Bonchev–Trinajstić information content (AvgIpc) is 2.26. The molecule has 1 aliphatic heterocycles. The number of carbonyl (C=O) groups excluding carboxylic acids is 1. The molecule has 1 atom stereocenters. The molecule has 96 valence electrons. The molecule has 1 fully saturated rings. The van der Waals surface area contributed by atoms with Crippen LogP contribution in [0.5, 0.6) is 0 Å². The Morgan fingerprint density at radius 3 is 2.67 bits per heavy atom. The van der Waals surface area contributed by atoms with Gasteiger partial charge in [-0.2, -0.15) is 0 Å². The van der Waals surface area contributed by atoms with Crippen LogP contribution in [0.3, 0.4) is 0 Å². The lowest BCUT2D eigenvalue weighted by Gasteiger charge is -2.41. The van der Waals surface area contributed by atoms with Crippen molar-refractivity contribution in [3.63, 3.8) is 0 Å². The number of nitrogens with zero attached hydrogens (tertiary/aromatic N) is 1. The highest BCUT2D eigenvalue weighted by atomic mass is 16.4. The lowest BCUT2D eigenvalue weighted by molar-refractivity contribution is -0.144. The van der Waals surface area contributed by atoms with E-state index in [1.807, 2.05) is 0 Å². The largest absolute Gasteiger partial charge is 0.481 e. The van der Waals surface area contributed by atoms with Gasteiger partial charge in [0.25, 0.3) is 5.91 Å². The van der Waals surface area contributed by atoms with Gasteiger partial charge in [0.05, 0.1) is 5.92 Å². The van der Waals surface area contributed by atoms with Crippen molar-refractivity contribution in [1.82, 2.24) is 4.90 Å². The minimum Gasteiger partial charge on any atom is -0.481 e. The number of carboxylic acid groups (broad SMARTS) is 1. The first-order chi connectivity index (χ1) is 8.49. The number of rotatable bonds is 3. The summed E-state index contributed by atoms with van der Waals surface area (Å²) in [5.41, 5.74) is 6.73.